The number of carbonyl (C=O) groups excluding carboxylic acids is 2. The summed E-state index contributed by atoms with van der Waals surface area (Å²) < 4.78 is 5.36. The predicted octanol–water partition coefficient (Wildman–Crippen LogP) is 3.61. The zero-order valence-corrected chi connectivity index (χ0v) is 19.1. The molecule has 5 rings (SSSR count). The van der Waals surface area contributed by atoms with Crippen molar-refractivity contribution in [3.8, 4) is 0 Å². The summed E-state index contributed by atoms with van der Waals surface area (Å²) in [6.45, 7) is 8.22. The van der Waals surface area contributed by atoms with Crippen LogP contribution in [0.15, 0.2) is 10.6 Å². The van der Waals surface area contributed by atoms with E-state index in [9.17, 15) is 9.59 Å². The highest BCUT2D eigenvalue weighted by Gasteiger charge is 2.35. The second kappa shape index (κ2) is 8.30. The first-order valence-electron chi connectivity index (χ1n) is 11.8. The van der Waals surface area contributed by atoms with Crippen LogP contribution in [0.25, 0.3) is 0 Å². The third kappa shape index (κ3) is 4.02. The molecule has 0 N–H and O–H groups in total. The Kier molecular flexibility index (Phi) is 5.47. The van der Waals surface area contributed by atoms with E-state index in [1.807, 2.05) is 16.7 Å². The first-order valence-corrected chi connectivity index (χ1v) is 11.8. The average molecular weight is 438 g/mol. The van der Waals surface area contributed by atoms with Crippen molar-refractivity contribution in [3.05, 3.63) is 34.6 Å². The Morgan fingerprint density at radius 2 is 2.00 bits per heavy atom. The molecule has 2 amide bonds. The van der Waals surface area contributed by atoms with Crippen molar-refractivity contribution in [3.63, 3.8) is 0 Å². The lowest BCUT2D eigenvalue weighted by Gasteiger charge is -2.30. The Labute approximate surface area is 188 Å². The maximum atomic E-state index is 12.9. The predicted molar refractivity (Wildman–Crippen MR) is 119 cm³/mol. The van der Waals surface area contributed by atoms with E-state index in [1.165, 1.54) is 0 Å². The number of amides is 2. The van der Waals surface area contributed by atoms with Crippen molar-refractivity contribution in [2.45, 2.75) is 71.1 Å². The van der Waals surface area contributed by atoms with Gasteiger partial charge in [-0.15, -0.1) is 0 Å². The molecule has 1 saturated carbocycles. The largest absolute Gasteiger partial charge is 0.360 e. The minimum atomic E-state index is -0.0911. The van der Waals surface area contributed by atoms with Gasteiger partial charge in [0.05, 0.1) is 0 Å². The molecule has 170 valence electrons. The van der Waals surface area contributed by atoms with Gasteiger partial charge >= 0.3 is 0 Å². The summed E-state index contributed by atoms with van der Waals surface area (Å²) in [7, 11) is 0. The molecule has 0 aromatic carbocycles. The van der Waals surface area contributed by atoms with Gasteiger partial charge in [0.25, 0.3) is 5.91 Å². The topological polar surface area (TPSA) is 92.4 Å². The highest BCUT2D eigenvalue weighted by Crippen LogP contribution is 2.40. The van der Waals surface area contributed by atoms with Crippen molar-refractivity contribution >= 4 is 17.6 Å². The number of hydrogen-bond acceptors (Lipinski definition) is 6. The van der Waals surface area contributed by atoms with E-state index in [2.05, 4.69) is 19.0 Å². The van der Waals surface area contributed by atoms with E-state index < -0.39 is 0 Å². The molecule has 3 aliphatic rings. The van der Waals surface area contributed by atoms with Crippen LogP contribution < -0.4 is 4.90 Å². The molecule has 2 fully saturated rings. The van der Waals surface area contributed by atoms with Crippen LogP contribution in [-0.4, -0.2) is 51.5 Å². The van der Waals surface area contributed by atoms with Gasteiger partial charge < -0.3 is 9.42 Å². The van der Waals surface area contributed by atoms with Crippen molar-refractivity contribution in [1.29, 1.82) is 0 Å². The van der Waals surface area contributed by atoms with Crippen molar-refractivity contribution < 1.29 is 14.1 Å². The van der Waals surface area contributed by atoms with Crippen LogP contribution in [0.1, 0.15) is 91.1 Å². The van der Waals surface area contributed by atoms with Crippen molar-refractivity contribution in [2.24, 2.45) is 5.92 Å². The molecular weight excluding hydrogens is 406 g/mol. The Morgan fingerprint density at radius 3 is 2.75 bits per heavy atom. The van der Waals surface area contributed by atoms with Crippen LogP contribution in [0.3, 0.4) is 0 Å². The minimum Gasteiger partial charge on any atom is -0.360 e. The van der Waals surface area contributed by atoms with Gasteiger partial charge in [-0.05, 0) is 44.9 Å². The second-order valence-electron chi connectivity index (χ2n) is 9.82. The number of aryl methyl sites for hydroxylation is 1. The van der Waals surface area contributed by atoms with E-state index in [-0.39, 0.29) is 17.7 Å². The van der Waals surface area contributed by atoms with Gasteiger partial charge in [0, 0.05) is 55.2 Å². The molecule has 0 radical (unpaired) electrons. The quantitative estimate of drug-likeness (QED) is 0.686. The van der Waals surface area contributed by atoms with Gasteiger partial charge in [-0.25, -0.2) is 9.97 Å². The van der Waals surface area contributed by atoms with Gasteiger partial charge in [-0.2, -0.15) is 0 Å². The van der Waals surface area contributed by atoms with E-state index >= 15 is 0 Å². The molecule has 8 heteroatoms. The summed E-state index contributed by atoms with van der Waals surface area (Å²) in [5.74, 6) is 3.39. The summed E-state index contributed by atoms with van der Waals surface area (Å²) in [6, 6.07) is 1.80. The summed E-state index contributed by atoms with van der Waals surface area (Å²) in [6.07, 6.45) is 5.18. The summed E-state index contributed by atoms with van der Waals surface area (Å²) in [5.41, 5.74) is 2.42. The molecule has 0 unspecified atom stereocenters. The first kappa shape index (κ1) is 21.1. The van der Waals surface area contributed by atoms with Crippen LogP contribution >= 0.6 is 0 Å². The Bertz CT molecular complexity index is 1040. The van der Waals surface area contributed by atoms with Crippen LogP contribution in [-0.2, 0) is 11.2 Å². The fraction of sp³-hybridized carbons (Fsp3) is 0.625. The highest BCUT2D eigenvalue weighted by molar-refractivity contribution is 5.95. The van der Waals surface area contributed by atoms with Crippen LogP contribution in [0.4, 0.5) is 5.82 Å². The second-order valence-corrected chi connectivity index (χ2v) is 9.82. The monoisotopic (exact) mass is 437 g/mol. The number of rotatable bonds is 6. The minimum absolute atomic E-state index is 0.0572. The number of hydrogen-bond donors (Lipinski definition) is 0. The number of aromatic nitrogens is 3. The Balaban J connectivity index is 1.34. The standard InChI is InChI=1S/C24H31N5O3/c1-14(2)8-11-29-21(30)7-6-18-15(3)25-22(26-23(18)29)17-9-10-28(13-17)24(31)19-12-20(32-27-19)16-4-5-16/h12,14,16-17H,4-11,13H2,1-3H3/t17-/m0/s1. The van der Waals surface area contributed by atoms with E-state index in [0.29, 0.717) is 50.0 Å². The average Bonchev–Trinajstić information content (AvgIpc) is 3.29. The Morgan fingerprint density at radius 1 is 1.19 bits per heavy atom. The number of likely N-dealkylation sites (tertiary alicyclic amines) is 1. The maximum Gasteiger partial charge on any atom is 0.276 e. The third-order valence-electron chi connectivity index (χ3n) is 6.85. The third-order valence-corrected chi connectivity index (χ3v) is 6.85. The first-order chi connectivity index (χ1) is 15.4. The lowest BCUT2D eigenvalue weighted by Crippen LogP contribution is -2.38. The molecule has 1 saturated heterocycles. The number of nitrogens with zero attached hydrogens (tertiary/aromatic N) is 5. The number of anilines is 1. The maximum absolute atomic E-state index is 12.9. The smallest absolute Gasteiger partial charge is 0.276 e. The molecular formula is C24H31N5O3. The lowest BCUT2D eigenvalue weighted by molar-refractivity contribution is -0.119. The Hall–Kier alpha value is -2.77. The fourth-order valence-corrected chi connectivity index (χ4v) is 4.67. The zero-order valence-electron chi connectivity index (χ0n) is 19.1. The molecule has 8 nitrogen and oxygen atoms in total. The molecule has 0 spiro atoms. The molecule has 4 heterocycles. The van der Waals surface area contributed by atoms with Gasteiger partial charge in [0.15, 0.2) is 5.69 Å². The number of carbonyl (C=O) groups is 2. The van der Waals surface area contributed by atoms with Crippen molar-refractivity contribution in [2.75, 3.05) is 24.5 Å². The van der Waals surface area contributed by atoms with Crippen LogP contribution in [0.5, 0.6) is 0 Å². The molecule has 2 aromatic heterocycles. The van der Waals surface area contributed by atoms with Crippen molar-refractivity contribution in [1.82, 2.24) is 20.0 Å². The van der Waals surface area contributed by atoms with Gasteiger partial charge in [-0.1, -0.05) is 19.0 Å². The fourth-order valence-electron chi connectivity index (χ4n) is 4.67. The molecule has 1 atom stereocenters. The normalized spacial score (nSPS) is 20.9. The van der Waals surface area contributed by atoms with Crippen LogP contribution in [0, 0.1) is 12.8 Å². The van der Waals surface area contributed by atoms with Gasteiger partial charge in [0.1, 0.15) is 17.4 Å². The van der Waals surface area contributed by atoms with E-state index in [4.69, 9.17) is 14.5 Å². The summed E-state index contributed by atoms with van der Waals surface area (Å²) >= 11 is 0. The zero-order chi connectivity index (χ0) is 22.4. The SMILES string of the molecule is Cc1nc([C@H]2CCN(C(=O)c3cc(C4CC4)on3)C2)nc2c1CCC(=O)N2CCC(C)C. The van der Waals surface area contributed by atoms with Gasteiger partial charge in [-0.3, -0.25) is 14.5 Å². The molecule has 2 aromatic rings. The molecule has 32 heavy (non-hydrogen) atoms. The highest BCUT2D eigenvalue weighted by atomic mass is 16.5. The van der Waals surface area contributed by atoms with Crippen LogP contribution in [0.2, 0.25) is 0 Å². The van der Waals surface area contributed by atoms with E-state index in [1.54, 1.807) is 6.07 Å². The molecule has 1 aliphatic carbocycles. The lowest BCUT2D eigenvalue weighted by atomic mass is 10.0. The van der Waals surface area contributed by atoms with Gasteiger partial charge in [0.2, 0.25) is 5.91 Å². The summed E-state index contributed by atoms with van der Waals surface area (Å²) in [4.78, 5) is 39.0. The summed E-state index contributed by atoms with van der Waals surface area (Å²) in [5, 5.41) is 4.00. The molecule has 0 bridgehead atoms. The molecule has 2 aliphatic heterocycles. The number of fused-ring (bicyclic) bond motifs is 1. The van der Waals surface area contributed by atoms with E-state index in [0.717, 1.165) is 54.3 Å².